The molecule has 20 heavy (non-hydrogen) atoms. The van der Waals surface area contributed by atoms with E-state index in [0.29, 0.717) is 18.1 Å². The minimum Gasteiger partial charge on any atom is -0.346 e. The Kier molecular flexibility index (Phi) is 3.50. The summed E-state index contributed by atoms with van der Waals surface area (Å²) in [5.41, 5.74) is 0.994. The summed E-state index contributed by atoms with van der Waals surface area (Å²) >= 11 is 1.35. The molecular weight excluding hydrogens is 299 g/mol. The molecule has 2 aliphatic rings. The van der Waals surface area contributed by atoms with E-state index in [4.69, 9.17) is 5.41 Å². The maximum Gasteiger partial charge on any atom is 0.157 e. The Morgan fingerprint density at radius 3 is 2.70 bits per heavy atom. The molecule has 1 N–H and O–H groups in total. The van der Waals surface area contributed by atoms with Crippen LogP contribution in [0.15, 0.2) is 24.3 Å². The SMILES string of the molecule is N=C1S[C@@H]2CS(=O)(=O)C[C@H]2N1CCc1ccc(F)cc1. The molecule has 0 spiro atoms. The van der Waals surface area contributed by atoms with Gasteiger partial charge in [0.2, 0.25) is 0 Å². The number of rotatable bonds is 3. The van der Waals surface area contributed by atoms with Crippen LogP contribution in [-0.4, -0.2) is 47.8 Å². The number of sulfone groups is 1. The third-order valence-corrected chi connectivity index (χ3v) is 6.92. The van der Waals surface area contributed by atoms with Crippen molar-refractivity contribution >= 4 is 26.8 Å². The van der Waals surface area contributed by atoms with Crippen LogP contribution in [0.5, 0.6) is 0 Å². The summed E-state index contributed by atoms with van der Waals surface area (Å²) in [5, 5.41) is 8.42. The standard InChI is InChI=1S/C13H15FN2O2S2/c14-10-3-1-9(2-4-10)5-6-16-11-7-20(17,18)8-12(11)19-13(16)15/h1-4,11-12,15H,5-8H2/t11-,12-/m1/s1. The number of nitrogens with one attached hydrogen (secondary N) is 1. The van der Waals surface area contributed by atoms with E-state index in [1.165, 1.54) is 23.9 Å². The maximum absolute atomic E-state index is 12.8. The molecule has 2 aliphatic heterocycles. The van der Waals surface area contributed by atoms with Gasteiger partial charge in [0.05, 0.1) is 17.5 Å². The first kappa shape index (κ1) is 13.9. The molecule has 0 saturated carbocycles. The van der Waals surface area contributed by atoms with Gasteiger partial charge in [-0.2, -0.15) is 0 Å². The van der Waals surface area contributed by atoms with Crippen LogP contribution in [0.3, 0.4) is 0 Å². The molecule has 2 saturated heterocycles. The molecular formula is C13H15FN2O2S2. The van der Waals surface area contributed by atoms with Crippen LogP contribution in [0.25, 0.3) is 0 Å². The number of hydrogen-bond donors (Lipinski definition) is 1. The van der Waals surface area contributed by atoms with Crippen LogP contribution < -0.4 is 0 Å². The van der Waals surface area contributed by atoms with Crippen LogP contribution >= 0.6 is 11.8 Å². The first-order chi connectivity index (χ1) is 9.44. The van der Waals surface area contributed by atoms with Crippen LogP contribution in [0.4, 0.5) is 4.39 Å². The minimum atomic E-state index is -2.96. The fourth-order valence-corrected chi connectivity index (χ4v) is 6.59. The molecule has 0 amide bonds. The number of amidine groups is 1. The van der Waals surface area contributed by atoms with Gasteiger partial charge in [-0.25, -0.2) is 12.8 Å². The summed E-state index contributed by atoms with van der Waals surface area (Å²) in [6.45, 7) is 0.605. The van der Waals surface area contributed by atoms with Crippen molar-refractivity contribution < 1.29 is 12.8 Å². The van der Waals surface area contributed by atoms with Crippen molar-refractivity contribution in [3.05, 3.63) is 35.6 Å². The predicted octanol–water partition coefficient (Wildman–Crippen LogP) is 1.52. The summed E-state index contributed by atoms with van der Waals surface area (Å²) < 4.78 is 36.1. The van der Waals surface area contributed by atoms with Crippen LogP contribution in [0, 0.1) is 11.2 Å². The second-order valence-corrected chi connectivity index (χ2v) is 8.56. The number of benzene rings is 1. The van der Waals surface area contributed by atoms with Gasteiger partial charge >= 0.3 is 0 Å². The summed E-state index contributed by atoms with van der Waals surface area (Å²) in [5.74, 6) is 0.0639. The van der Waals surface area contributed by atoms with Gasteiger partial charge in [0.1, 0.15) is 5.82 Å². The molecule has 0 radical (unpaired) electrons. The van der Waals surface area contributed by atoms with E-state index in [-0.39, 0.29) is 28.6 Å². The minimum absolute atomic E-state index is 0.000665. The molecule has 1 aromatic rings. The van der Waals surface area contributed by atoms with Crippen molar-refractivity contribution in [1.29, 1.82) is 5.41 Å². The van der Waals surface area contributed by atoms with Gasteiger partial charge in [-0.15, -0.1) is 0 Å². The topological polar surface area (TPSA) is 61.2 Å². The number of nitrogens with zero attached hydrogens (tertiary/aromatic N) is 1. The van der Waals surface area contributed by atoms with Gasteiger partial charge in [0, 0.05) is 11.8 Å². The zero-order chi connectivity index (χ0) is 14.3. The zero-order valence-corrected chi connectivity index (χ0v) is 12.4. The average Bonchev–Trinajstić information content (AvgIpc) is 2.80. The molecule has 3 rings (SSSR count). The Bertz CT molecular complexity index is 630. The lowest BCUT2D eigenvalue weighted by Crippen LogP contribution is -2.38. The highest BCUT2D eigenvalue weighted by molar-refractivity contribution is 8.15. The Morgan fingerprint density at radius 1 is 1.30 bits per heavy atom. The van der Waals surface area contributed by atoms with E-state index in [2.05, 4.69) is 0 Å². The van der Waals surface area contributed by atoms with Crippen molar-refractivity contribution in [2.75, 3.05) is 18.1 Å². The summed E-state index contributed by atoms with van der Waals surface area (Å²) in [7, 11) is -2.96. The third kappa shape index (κ3) is 2.69. The predicted molar refractivity (Wildman–Crippen MR) is 78.4 cm³/mol. The lowest BCUT2D eigenvalue weighted by atomic mass is 10.1. The number of thioether (sulfide) groups is 1. The number of halogens is 1. The maximum atomic E-state index is 12.8. The monoisotopic (exact) mass is 314 g/mol. The Balaban J connectivity index is 1.67. The Hall–Kier alpha value is -1.08. The molecule has 2 heterocycles. The molecule has 0 aliphatic carbocycles. The molecule has 4 nitrogen and oxygen atoms in total. The van der Waals surface area contributed by atoms with Crippen molar-refractivity contribution in [1.82, 2.24) is 4.90 Å². The molecule has 0 bridgehead atoms. The van der Waals surface area contributed by atoms with Gasteiger partial charge in [0.25, 0.3) is 0 Å². The molecule has 108 valence electrons. The van der Waals surface area contributed by atoms with Gasteiger partial charge in [-0.05, 0) is 24.1 Å². The van der Waals surface area contributed by atoms with Crippen LogP contribution in [0.2, 0.25) is 0 Å². The smallest absolute Gasteiger partial charge is 0.157 e. The van der Waals surface area contributed by atoms with Gasteiger partial charge in [-0.1, -0.05) is 23.9 Å². The molecule has 2 atom stereocenters. The molecule has 1 aromatic carbocycles. The van der Waals surface area contributed by atoms with Crippen LogP contribution in [0.1, 0.15) is 5.56 Å². The van der Waals surface area contributed by atoms with E-state index >= 15 is 0 Å². The van der Waals surface area contributed by atoms with E-state index in [9.17, 15) is 12.8 Å². The van der Waals surface area contributed by atoms with Crippen molar-refractivity contribution in [2.45, 2.75) is 17.7 Å². The van der Waals surface area contributed by atoms with Crippen molar-refractivity contribution in [3.63, 3.8) is 0 Å². The molecule has 2 fully saturated rings. The highest BCUT2D eigenvalue weighted by atomic mass is 32.2. The second kappa shape index (κ2) is 5.04. The summed E-state index contributed by atoms with van der Waals surface area (Å²) in [6, 6.07) is 6.22. The molecule has 7 heteroatoms. The fourth-order valence-electron chi connectivity index (χ4n) is 2.73. The average molecular weight is 314 g/mol. The number of hydrogen-bond acceptors (Lipinski definition) is 4. The molecule has 0 aromatic heterocycles. The number of fused-ring (bicyclic) bond motifs is 1. The van der Waals surface area contributed by atoms with Crippen molar-refractivity contribution in [3.8, 4) is 0 Å². The lowest BCUT2D eigenvalue weighted by molar-refractivity contribution is 0.359. The summed E-state index contributed by atoms with van der Waals surface area (Å²) in [4.78, 5) is 1.88. The summed E-state index contributed by atoms with van der Waals surface area (Å²) in [6.07, 6.45) is 0.687. The first-order valence-corrected chi connectivity index (χ1v) is 9.11. The highest BCUT2D eigenvalue weighted by Crippen LogP contribution is 2.37. The van der Waals surface area contributed by atoms with E-state index in [0.717, 1.165) is 5.56 Å². The van der Waals surface area contributed by atoms with Gasteiger partial charge < -0.3 is 4.90 Å². The normalized spacial score (nSPS) is 27.9. The van der Waals surface area contributed by atoms with Gasteiger partial charge in [0.15, 0.2) is 15.0 Å². The van der Waals surface area contributed by atoms with E-state index in [1.807, 2.05) is 4.90 Å². The highest BCUT2D eigenvalue weighted by Gasteiger charge is 2.47. The second-order valence-electron chi connectivity index (χ2n) is 5.18. The largest absolute Gasteiger partial charge is 0.346 e. The third-order valence-electron chi connectivity index (χ3n) is 3.75. The zero-order valence-electron chi connectivity index (χ0n) is 10.8. The fraction of sp³-hybridized carbons (Fsp3) is 0.462. The van der Waals surface area contributed by atoms with E-state index < -0.39 is 9.84 Å². The van der Waals surface area contributed by atoms with Gasteiger partial charge in [-0.3, -0.25) is 5.41 Å². The Morgan fingerprint density at radius 2 is 2.00 bits per heavy atom. The first-order valence-electron chi connectivity index (χ1n) is 6.41. The Labute approximate surface area is 121 Å². The van der Waals surface area contributed by atoms with E-state index in [1.54, 1.807) is 12.1 Å². The van der Waals surface area contributed by atoms with Crippen molar-refractivity contribution in [2.24, 2.45) is 0 Å². The molecule has 0 unspecified atom stereocenters. The lowest BCUT2D eigenvalue weighted by Gasteiger charge is -2.23. The van der Waals surface area contributed by atoms with Crippen LogP contribution in [-0.2, 0) is 16.3 Å². The quantitative estimate of drug-likeness (QED) is 0.919.